The van der Waals surface area contributed by atoms with Gasteiger partial charge in [-0.25, -0.2) is 0 Å². The maximum Gasteiger partial charge on any atom is 0.357 e. The van der Waals surface area contributed by atoms with E-state index in [1.165, 1.54) is 34.9 Å². The molecular formula is C33H26N8O9S2. The van der Waals surface area contributed by atoms with Gasteiger partial charge in [0.05, 0.1) is 28.1 Å². The predicted molar refractivity (Wildman–Crippen MR) is 191 cm³/mol. The van der Waals surface area contributed by atoms with Gasteiger partial charge in [-0.3, -0.25) is 14.1 Å². The van der Waals surface area contributed by atoms with Crippen molar-refractivity contribution >= 4 is 72.8 Å². The summed E-state index contributed by atoms with van der Waals surface area (Å²) in [5.41, 5.74) is 3.26. The maximum atomic E-state index is 14.0. The van der Waals surface area contributed by atoms with E-state index in [0.717, 1.165) is 5.56 Å². The third-order valence-electron chi connectivity index (χ3n) is 8.17. The molecule has 19 heteroatoms. The van der Waals surface area contributed by atoms with Crippen molar-refractivity contribution in [1.82, 2.24) is 19.5 Å². The molecule has 17 nitrogen and oxygen atoms in total. The summed E-state index contributed by atoms with van der Waals surface area (Å²) in [6.45, 7) is 1.77. The molecule has 7 N–H and O–H groups in total. The highest BCUT2D eigenvalue weighted by Crippen LogP contribution is 2.43. The minimum absolute atomic E-state index is 0.000448. The van der Waals surface area contributed by atoms with Gasteiger partial charge in [0.1, 0.15) is 4.90 Å². The minimum atomic E-state index is -4.52. The molecule has 0 saturated carbocycles. The van der Waals surface area contributed by atoms with Gasteiger partial charge in [0.25, 0.3) is 5.56 Å². The van der Waals surface area contributed by atoms with Crippen molar-refractivity contribution < 1.29 is 35.5 Å². The highest BCUT2D eigenvalue weighted by Gasteiger charge is 2.30. The number of carbonyl (C=O) groups is 1. The van der Waals surface area contributed by atoms with Gasteiger partial charge in [-0.2, -0.15) is 37.8 Å². The Hall–Kier alpha value is -6.25. The number of benzene rings is 4. The van der Waals surface area contributed by atoms with Gasteiger partial charge < -0.3 is 29.8 Å². The smallest absolute Gasteiger partial charge is 0.357 e. The number of aromatic hydroxyl groups is 1. The third-order valence-corrected chi connectivity index (χ3v) is 9.64. The second-order valence-electron chi connectivity index (χ2n) is 11.4. The molecule has 0 amide bonds. The molecule has 7 rings (SSSR count). The van der Waals surface area contributed by atoms with E-state index in [0.29, 0.717) is 27.6 Å². The number of rotatable bonds is 10. The SMILES string of the molecule is Cc1ccc(OS(=O)O)c(Nc2nc(O)nc(Nc3ccc(S(=O)(=O)ON)c(Nc4ccc5c6c(cc(=O)n5C)-c5ccccc5C(=O)c46)c3)n2)c1. The zero-order chi connectivity index (χ0) is 36.9. The third kappa shape index (κ3) is 6.29. The van der Waals surface area contributed by atoms with Gasteiger partial charge in [-0.1, -0.05) is 30.3 Å². The second-order valence-corrected chi connectivity index (χ2v) is 13.6. The minimum Gasteiger partial charge on any atom is -0.479 e. The number of aromatic nitrogens is 4. The lowest BCUT2D eigenvalue weighted by molar-refractivity contribution is 0.104. The first-order valence-electron chi connectivity index (χ1n) is 15.1. The van der Waals surface area contributed by atoms with Crippen LogP contribution in [0.1, 0.15) is 21.5 Å². The number of ketones is 1. The van der Waals surface area contributed by atoms with Gasteiger partial charge in [-0.15, -0.1) is 0 Å². The van der Waals surface area contributed by atoms with Crippen LogP contribution in [0.2, 0.25) is 0 Å². The summed E-state index contributed by atoms with van der Waals surface area (Å²) in [5.74, 6) is 4.43. The molecule has 0 spiro atoms. The van der Waals surface area contributed by atoms with Crippen LogP contribution in [0.4, 0.5) is 34.6 Å². The van der Waals surface area contributed by atoms with Gasteiger partial charge >= 0.3 is 27.5 Å². The second kappa shape index (κ2) is 13.1. The molecule has 2 heterocycles. The van der Waals surface area contributed by atoms with Gasteiger partial charge in [0, 0.05) is 29.8 Å². The van der Waals surface area contributed by atoms with Crippen molar-refractivity contribution in [1.29, 1.82) is 0 Å². The topological polar surface area (TPSA) is 250 Å². The van der Waals surface area contributed by atoms with Crippen LogP contribution >= 0.6 is 0 Å². The lowest BCUT2D eigenvalue weighted by atomic mass is 9.83. The number of pyridine rings is 1. The Morgan fingerprint density at radius 2 is 1.56 bits per heavy atom. The molecule has 2 aromatic heterocycles. The van der Waals surface area contributed by atoms with Crippen LogP contribution in [-0.4, -0.2) is 47.6 Å². The summed E-state index contributed by atoms with van der Waals surface area (Å²) in [4.78, 5) is 38.6. The molecule has 1 atom stereocenters. The van der Waals surface area contributed by atoms with Crippen LogP contribution in [0.5, 0.6) is 11.8 Å². The summed E-state index contributed by atoms with van der Waals surface area (Å²) in [7, 11) is -2.93. The fourth-order valence-electron chi connectivity index (χ4n) is 5.90. The van der Waals surface area contributed by atoms with Crippen molar-refractivity contribution in [3.8, 4) is 22.9 Å². The number of fused-ring (bicyclic) bond motifs is 2. The maximum absolute atomic E-state index is 14.0. The molecule has 0 radical (unpaired) electrons. The molecular weight excluding hydrogens is 717 g/mol. The Morgan fingerprint density at radius 1 is 0.827 bits per heavy atom. The number of hydrogen-bond donors (Lipinski definition) is 6. The molecule has 1 aliphatic rings. The van der Waals surface area contributed by atoms with Crippen molar-refractivity contribution in [3.05, 3.63) is 106 Å². The standard InChI is InChI=1S/C33H26N8O9S2/c1-16-7-11-25(49-51(45)46)22(13-16)37-32-38-31(39-33(44)40-32)35-17-8-12-26(52(47,48)50-34)23(14-17)36-21-9-10-24-28-20(15-27(42)41(24)2)18-5-3-4-6-19(18)30(43)29(21)28/h3-15,36H,34H2,1-2H3,(H,45,46)(H3,35,37,38,39,40,44). The molecule has 4 aromatic carbocycles. The van der Waals surface area contributed by atoms with E-state index in [1.54, 1.807) is 62.5 Å². The highest BCUT2D eigenvalue weighted by molar-refractivity contribution is 7.86. The first-order chi connectivity index (χ1) is 24.8. The van der Waals surface area contributed by atoms with Crippen molar-refractivity contribution in [2.45, 2.75) is 11.8 Å². The number of aryl methyl sites for hydroxylation is 2. The predicted octanol–water partition coefficient (Wildman–Crippen LogP) is 4.27. The average molecular weight is 743 g/mol. The highest BCUT2D eigenvalue weighted by atomic mass is 32.2. The molecule has 264 valence electrons. The van der Waals surface area contributed by atoms with E-state index in [9.17, 15) is 31.9 Å². The fourth-order valence-corrected chi connectivity index (χ4v) is 6.91. The molecule has 0 fully saturated rings. The molecule has 1 unspecified atom stereocenters. The molecule has 1 aliphatic carbocycles. The number of nitrogens with one attached hydrogen (secondary N) is 3. The van der Waals surface area contributed by atoms with Crippen LogP contribution in [0.15, 0.2) is 88.6 Å². The van der Waals surface area contributed by atoms with E-state index in [2.05, 4.69) is 35.2 Å². The van der Waals surface area contributed by atoms with Crippen LogP contribution < -0.4 is 31.6 Å². The Labute approximate surface area is 296 Å². The van der Waals surface area contributed by atoms with Gasteiger partial charge in [-0.05, 0) is 66.1 Å². The van der Waals surface area contributed by atoms with E-state index >= 15 is 0 Å². The van der Waals surface area contributed by atoms with Crippen molar-refractivity contribution in [2.24, 2.45) is 12.9 Å². The molecule has 0 bridgehead atoms. The monoisotopic (exact) mass is 742 g/mol. The Kier molecular flexibility index (Phi) is 8.64. The number of anilines is 6. The quantitative estimate of drug-likeness (QED) is 0.0845. The zero-order valence-electron chi connectivity index (χ0n) is 26.9. The van der Waals surface area contributed by atoms with E-state index in [-0.39, 0.29) is 62.2 Å². The Morgan fingerprint density at radius 3 is 2.29 bits per heavy atom. The van der Waals surface area contributed by atoms with E-state index < -0.39 is 27.5 Å². The summed E-state index contributed by atoms with van der Waals surface area (Å²) >= 11 is -2.63. The average Bonchev–Trinajstić information content (AvgIpc) is 3.10. The Balaban J connectivity index is 1.30. The first-order valence-corrected chi connectivity index (χ1v) is 17.5. The van der Waals surface area contributed by atoms with Crippen LogP contribution in [-0.2, 0) is 32.8 Å². The number of hydrogen-bond acceptors (Lipinski definition) is 15. The first kappa shape index (κ1) is 34.2. The van der Waals surface area contributed by atoms with Crippen LogP contribution in [0.25, 0.3) is 22.0 Å². The molecule has 52 heavy (non-hydrogen) atoms. The van der Waals surface area contributed by atoms with Gasteiger partial charge in [0.15, 0.2) is 11.5 Å². The van der Waals surface area contributed by atoms with Crippen molar-refractivity contribution in [3.63, 3.8) is 0 Å². The Bertz CT molecular complexity index is 2670. The number of nitrogens with zero attached hydrogens (tertiary/aromatic N) is 4. The summed E-state index contributed by atoms with van der Waals surface area (Å²) < 4.78 is 57.2. The fraction of sp³-hybridized carbons (Fsp3) is 0.0606. The molecule has 6 aromatic rings. The van der Waals surface area contributed by atoms with Crippen LogP contribution in [0, 0.1) is 6.92 Å². The number of nitrogens with two attached hydrogens (primary N) is 1. The molecule has 0 saturated heterocycles. The van der Waals surface area contributed by atoms with E-state index in [1.807, 2.05) is 0 Å². The zero-order valence-corrected chi connectivity index (χ0v) is 28.6. The summed E-state index contributed by atoms with van der Waals surface area (Å²) in [6, 6.07) is 19.5. The van der Waals surface area contributed by atoms with Gasteiger partial charge in [0.2, 0.25) is 11.9 Å². The van der Waals surface area contributed by atoms with Crippen molar-refractivity contribution in [2.75, 3.05) is 16.0 Å². The lowest BCUT2D eigenvalue weighted by Crippen LogP contribution is -2.21. The van der Waals surface area contributed by atoms with Crippen LogP contribution in [0.3, 0.4) is 0 Å². The summed E-state index contributed by atoms with van der Waals surface area (Å²) in [5, 5.41) is 19.6. The summed E-state index contributed by atoms with van der Waals surface area (Å²) in [6.07, 6.45) is 0. The lowest BCUT2D eigenvalue weighted by Gasteiger charge is -2.24. The normalized spacial score (nSPS) is 12.7. The molecule has 0 aliphatic heterocycles. The largest absolute Gasteiger partial charge is 0.479 e. The van der Waals surface area contributed by atoms with E-state index in [4.69, 9.17) is 10.1 Å². The number of carbonyl (C=O) groups excluding carboxylic acids is 1.